The molecule has 0 radical (unpaired) electrons. The maximum absolute atomic E-state index is 12.7. The summed E-state index contributed by atoms with van der Waals surface area (Å²) in [6.07, 6.45) is 2.40. The largest absolute Gasteiger partial charge is 0.481 e. The van der Waals surface area contributed by atoms with Crippen LogP contribution in [-0.4, -0.2) is 37.2 Å². The molecule has 3 rings (SSSR count). The second-order valence-electron chi connectivity index (χ2n) is 8.02. The minimum absolute atomic E-state index is 0.0862. The van der Waals surface area contributed by atoms with Gasteiger partial charge in [0.1, 0.15) is 5.75 Å². The number of ether oxygens (including phenoxy) is 2. The third-order valence-electron chi connectivity index (χ3n) is 5.64. The Kier molecular flexibility index (Phi) is 8.06. The average molecular weight is 425 g/mol. The van der Waals surface area contributed by atoms with E-state index in [0.717, 1.165) is 37.2 Å². The van der Waals surface area contributed by atoms with Crippen LogP contribution in [0.2, 0.25) is 0 Å². The SMILES string of the molecule is CCC(C)c1ccccc1OC(C)C(=O)Nc1cccc(C(=O)NCC2CCCO2)c1. The van der Waals surface area contributed by atoms with E-state index in [-0.39, 0.29) is 17.9 Å². The predicted molar refractivity (Wildman–Crippen MR) is 122 cm³/mol. The highest BCUT2D eigenvalue weighted by atomic mass is 16.5. The Balaban J connectivity index is 1.59. The summed E-state index contributed by atoms with van der Waals surface area (Å²) in [5, 5.41) is 5.75. The van der Waals surface area contributed by atoms with Crippen molar-refractivity contribution in [1.82, 2.24) is 5.32 Å². The summed E-state index contributed by atoms with van der Waals surface area (Å²) >= 11 is 0. The molecular weight excluding hydrogens is 392 g/mol. The first kappa shape index (κ1) is 22.8. The fourth-order valence-corrected chi connectivity index (χ4v) is 3.55. The molecule has 166 valence electrons. The molecule has 0 aromatic heterocycles. The quantitative estimate of drug-likeness (QED) is 0.621. The van der Waals surface area contributed by atoms with E-state index in [0.29, 0.717) is 23.7 Å². The topological polar surface area (TPSA) is 76.7 Å². The van der Waals surface area contributed by atoms with Gasteiger partial charge in [-0.3, -0.25) is 9.59 Å². The van der Waals surface area contributed by atoms with Crippen LogP contribution in [0, 0.1) is 0 Å². The molecule has 1 saturated heterocycles. The number of para-hydroxylation sites is 1. The van der Waals surface area contributed by atoms with Crippen molar-refractivity contribution in [2.45, 2.75) is 58.2 Å². The molecule has 2 N–H and O–H groups in total. The maximum atomic E-state index is 12.7. The zero-order valence-electron chi connectivity index (χ0n) is 18.5. The summed E-state index contributed by atoms with van der Waals surface area (Å²) < 4.78 is 11.5. The number of rotatable bonds is 9. The van der Waals surface area contributed by atoms with Gasteiger partial charge in [-0.15, -0.1) is 0 Å². The van der Waals surface area contributed by atoms with Crippen molar-refractivity contribution < 1.29 is 19.1 Å². The van der Waals surface area contributed by atoms with Crippen LogP contribution in [0.3, 0.4) is 0 Å². The number of amides is 2. The molecule has 2 amide bonds. The molecule has 6 nitrogen and oxygen atoms in total. The Bertz CT molecular complexity index is 893. The Hall–Kier alpha value is -2.86. The number of carbonyl (C=O) groups is 2. The first-order chi connectivity index (χ1) is 15.0. The van der Waals surface area contributed by atoms with E-state index < -0.39 is 6.10 Å². The molecule has 0 aliphatic carbocycles. The molecule has 1 fully saturated rings. The fraction of sp³-hybridized carbons (Fsp3) is 0.440. The number of hydrogen-bond donors (Lipinski definition) is 2. The molecule has 0 saturated carbocycles. The number of carbonyl (C=O) groups excluding carboxylic acids is 2. The van der Waals surface area contributed by atoms with Gasteiger partial charge in [0, 0.05) is 24.4 Å². The zero-order chi connectivity index (χ0) is 22.2. The fourth-order valence-electron chi connectivity index (χ4n) is 3.55. The van der Waals surface area contributed by atoms with Crippen molar-refractivity contribution in [1.29, 1.82) is 0 Å². The lowest BCUT2D eigenvalue weighted by Crippen LogP contribution is -2.32. The van der Waals surface area contributed by atoms with E-state index >= 15 is 0 Å². The van der Waals surface area contributed by atoms with E-state index in [1.807, 2.05) is 24.3 Å². The lowest BCUT2D eigenvalue weighted by atomic mass is 9.98. The van der Waals surface area contributed by atoms with Crippen molar-refractivity contribution in [3.05, 3.63) is 59.7 Å². The average Bonchev–Trinajstić information content (AvgIpc) is 3.31. The third-order valence-corrected chi connectivity index (χ3v) is 5.64. The number of hydrogen-bond acceptors (Lipinski definition) is 4. The molecule has 1 aliphatic heterocycles. The van der Waals surface area contributed by atoms with Gasteiger partial charge < -0.3 is 20.1 Å². The molecule has 6 heteroatoms. The molecular formula is C25H32N2O4. The van der Waals surface area contributed by atoms with Gasteiger partial charge in [-0.05, 0) is 61.9 Å². The molecule has 1 aliphatic rings. The van der Waals surface area contributed by atoms with Gasteiger partial charge in [-0.1, -0.05) is 38.1 Å². The van der Waals surface area contributed by atoms with Crippen molar-refractivity contribution >= 4 is 17.5 Å². The van der Waals surface area contributed by atoms with E-state index in [9.17, 15) is 9.59 Å². The van der Waals surface area contributed by atoms with E-state index in [4.69, 9.17) is 9.47 Å². The first-order valence-electron chi connectivity index (χ1n) is 11.0. The van der Waals surface area contributed by atoms with Crippen LogP contribution in [0.15, 0.2) is 48.5 Å². The van der Waals surface area contributed by atoms with Crippen LogP contribution in [0.25, 0.3) is 0 Å². The van der Waals surface area contributed by atoms with Crippen LogP contribution in [0.1, 0.15) is 61.9 Å². The summed E-state index contributed by atoms with van der Waals surface area (Å²) in [4.78, 5) is 25.1. The lowest BCUT2D eigenvalue weighted by Gasteiger charge is -2.19. The smallest absolute Gasteiger partial charge is 0.265 e. The predicted octanol–water partition coefficient (Wildman–Crippen LogP) is 4.51. The highest BCUT2D eigenvalue weighted by molar-refractivity contribution is 5.98. The van der Waals surface area contributed by atoms with E-state index in [2.05, 4.69) is 24.5 Å². The Morgan fingerprint density at radius 2 is 1.97 bits per heavy atom. The van der Waals surface area contributed by atoms with Crippen LogP contribution in [0.4, 0.5) is 5.69 Å². The number of nitrogens with one attached hydrogen (secondary N) is 2. The van der Waals surface area contributed by atoms with Gasteiger partial charge in [0.2, 0.25) is 0 Å². The van der Waals surface area contributed by atoms with Crippen molar-refractivity contribution in [3.8, 4) is 5.75 Å². The molecule has 2 aromatic rings. The summed E-state index contributed by atoms with van der Waals surface area (Å²) in [7, 11) is 0. The number of benzene rings is 2. The zero-order valence-corrected chi connectivity index (χ0v) is 18.5. The normalized spacial score (nSPS) is 17.6. The van der Waals surface area contributed by atoms with Crippen LogP contribution in [-0.2, 0) is 9.53 Å². The molecule has 0 spiro atoms. The van der Waals surface area contributed by atoms with Crippen LogP contribution < -0.4 is 15.4 Å². The maximum Gasteiger partial charge on any atom is 0.265 e. The Morgan fingerprint density at radius 1 is 1.16 bits per heavy atom. The van der Waals surface area contributed by atoms with Crippen LogP contribution in [0.5, 0.6) is 5.75 Å². The third kappa shape index (κ3) is 6.31. The summed E-state index contributed by atoms with van der Waals surface area (Å²) in [6.45, 7) is 7.24. The summed E-state index contributed by atoms with van der Waals surface area (Å²) in [6, 6.07) is 14.7. The highest BCUT2D eigenvalue weighted by Gasteiger charge is 2.19. The molecule has 31 heavy (non-hydrogen) atoms. The summed E-state index contributed by atoms with van der Waals surface area (Å²) in [5.74, 6) is 0.618. The Morgan fingerprint density at radius 3 is 2.71 bits per heavy atom. The van der Waals surface area contributed by atoms with Crippen molar-refractivity contribution in [3.63, 3.8) is 0 Å². The molecule has 3 unspecified atom stereocenters. The van der Waals surface area contributed by atoms with Crippen LogP contribution >= 0.6 is 0 Å². The van der Waals surface area contributed by atoms with Gasteiger partial charge in [-0.2, -0.15) is 0 Å². The van der Waals surface area contributed by atoms with E-state index in [1.165, 1.54) is 0 Å². The number of anilines is 1. The molecule has 3 atom stereocenters. The van der Waals surface area contributed by atoms with E-state index in [1.54, 1.807) is 31.2 Å². The molecule has 2 aromatic carbocycles. The monoisotopic (exact) mass is 424 g/mol. The molecule has 0 bridgehead atoms. The summed E-state index contributed by atoms with van der Waals surface area (Å²) in [5.41, 5.74) is 2.14. The standard InChI is InChI=1S/C25H32N2O4/c1-4-17(2)22-12-5-6-13-23(22)31-18(3)24(28)27-20-10-7-9-19(15-20)25(29)26-16-21-11-8-14-30-21/h5-7,9-10,12-13,15,17-18,21H,4,8,11,14,16H2,1-3H3,(H,26,29)(H,27,28). The van der Waals surface area contributed by atoms with Crippen molar-refractivity contribution in [2.24, 2.45) is 0 Å². The first-order valence-corrected chi connectivity index (χ1v) is 11.0. The highest BCUT2D eigenvalue weighted by Crippen LogP contribution is 2.29. The van der Waals surface area contributed by atoms with Gasteiger partial charge in [0.05, 0.1) is 6.10 Å². The van der Waals surface area contributed by atoms with Gasteiger partial charge in [0.15, 0.2) is 6.10 Å². The minimum Gasteiger partial charge on any atom is -0.481 e. The van der Waals surface area contributed by atoms with Gasteiger partial charge in [0.25, 0.3) is 11.8 Å². The Labute approximate surface area is 184 Å². The second-order valence-corrected chi connectivity index (χ2v) is 8.02. The minimum atomic E-state index is -0.679. The van der Waals surface area contributed by atoms with Gasteiger partial charge in [-0.25, -0.2) is 0 Å². The second kappa shape index (κ2) is 11.0. The van der Waals surface area contributed by atoms with Crippen molar-refractivity contribution in [2.75, 3.05) is 18.5 Å². The molecule has 1 heterocycles. The van der Waals surface area contributed by atoms with Gasteiger partial charge >= 0.3 is 0 Å². The lowest BCUT2D eigenvalue weighted by molar-refractivity contribution is -0.122.